The molecule has 102 valence electrons. The molecule has 1 atom stereocenters. The summed E-state index contributed by atoms with van der Waals surface area (Å²) >= 11 is 0. The van der Waals surface area contributed by atoms with Crippen LogP contribution in [0, 0.1) is 0 Å². The Morgan fingerprint density at radius 3 is 2.44 bits per heavy atom. The standard InChI is InChI=1S/C11H19N3O4/c12-8(11(18)14-5-1-2-6-14)3-4-9(15)13-7-10(16)17/h8H,1-7,12H2,(H,13,15)(H,16,17)/t8-/m0/s1. The van der Waals surface area contributed by atoms with Gasteiger partial charge in [0.2, 0.25) is 11.8 Å². The topological polar surface area (TPSA) is 113 Å². The number of nitrogens with two attached hydrogens (primary N) is 1. The third-order valence-electron chi connectivity index (χ3n) is 2.85. The van der Waals surface area contributed by atoms with Gasteiger partial charge in [-0.3, -0.25) is 14.4 Å². The van der Waals surface area contributed by atoms with Crippen LogP contribution in [-0.4, -0.2) is 53.5 Å². The molecule has 0 bridgehead atoms. The molecular formula is C11H19N3O4. The van der Waals surface area contributed by atoms with Gasteiger partial charge in [0, 0.05) is 19.5 Å². The molecule has 7 heteroatoms. The van der Waals surface area contributed by atoms with Crippen molar-refractivity contribution in [1.82, 2.24) is 10.2 Å². The highest BCUT2D eigenvalue weighted by atomic mass is 16.4. The lowest BCUT2D eigenvalue weighted by atomic mass is 10.1. The zero-order valence-electron chi connectivity index (χ0n) is 10.2. The van der Waals surface area contributed by atoms with Gasteiger partial charge >= 0.3 is 5.97 Å². The first kappa shape index (κ1) is 14.4. The number of nitrogens with one attached hydrogen (secondary N) is 1. The summed E-state index contributed by atoms with van der Waals surface area (Å²) in [6.07, 6.45) is 2.30. The van der Waals surface area contributed by atoms with Crippen molar-refractivity contribution < 1.29 is 19.5 Å². The average molecular weight is 257 g/mol. The molecule has 0 aromatic rings. The maximum Gasteiger partial charge on any atom is 0.322 e. The van der Waals surface area contributed by atoms with Gasteiger partial charge in [-0.15, -0.1) is 0 Å². The zero-order valence-corrected chi connectivity index (χ0v) is 10.2. The highest BCUT2D eigenvalue weighted by Gasteiger charge is 2.23. The first-order chi connectivity index (χ1) is 8.50. The van der Waals surface area contributed by atoms with Crippen molar-refractivity contribution in [3.63, 3.8) is 0 Å². The van der Waals surface area contributed by atoms with Gasteiger partial charge in [-0.05, 0) is 19.3 Å². The van der Waals surface area contributed by atoms with Gasteiger partial charge in [0.05, 0.1) is 6.04 Å². The van der Waals surface area contributed by atoms with Crippen LogP contribution < -0.4 is 11.1 Å². The summed E-state index contributed by atoms with van der Waals surface area (Å²) in [6.45, 7) is 1.06. The maximum atomic E-state index is 11.8. The van der Waals surface area contributed by atoms with E-state index >= 15 is 0 Å². The lowest BCUT2D eigenvalue weighted by molar-refractivity contribution is -0.138. The second kappa shape index (κ2) is 6.95. The van der Waals surface area contributed by atoms with Crippen LogP contribution in [-0.2, 0) is 14.4 Å². The Morgan fingerprint density at radius 2 is 1.89 bits per heavy atom. The SMILES string of the molecule is N[C@@H](CCC(=O)NCC(=O)O)C(=O)N1CCCC1. The van der Waals surface area contributed by atoms with E-state index in [-0.39, 0.29) is 18.7 Å². The molecule has 0 radical (unpaired) electrons. The summed E-state index contributed by atoms with van der Waals surface area (Å²) in [4.78, 5) is 35.0. The summed E-state index contributed by atoms with van der Waals surface area (Å²) in [5.74, 6) is -1.62. The number of likely N-dealkylation sites (tertiary alicyclic amines) is 1. The van der Waals surface area contributed by atoms with Gasteiger partial charge in [0.25, 0.3) is 0 Å². The van der Waals surface area contributed by atoms with Crippen LogP contribution in [0.3, 0.4) is 0 Å². The van der Waals surface area contributed by atoms with Crippen LogP contribution in [0.2, 0.25) is 0 Å². The van der Waals surface area contributed by atoms with E-state index in [1.165, 1.54) is 0 Å². The highest BCUT2D eigenvalue weighted by molar-refractivity contribution is 5.84. The fourth-order valence-corrected chi connectivity index (χ4v) is 1.84. The molecule has 0 spiro atoms. The van der Waals surface area contributed by atoms with E-state index in [1.54, 1.807) is 4.90 Å². The summed E-state index contributed by atoms with van der Waals surface area (Å²) in [7, 11) is 0. The molecule has 4 N–H and O–H groups in total. The number of hydrogen-bond donors (Lipinski definition) is 3. The molecule has 1 rings (SSSR count). The highest BCUT2D eigenvalue weighted by Crippen LogP contribution is 2.10. The number of nitrogens with zero attached hydrogens (tertiary/aromatic N) is 1. The molecule has 1 aliphatic heterocycles. The number of amides is 2. The summed E-state index contributed by atoms with van der Waals surface area (Å²) in [6, 6.07) is -0.682. The predicted octanol–water partition coefficient (Wildman–Crippen LogP) is -1.08. The van der Waals surface area contributed by atoms with Crippen molar-refractivity contribution in [1.29, 1.82) is 0 Å². The molecule has 1 aliphatic rings. The zero-order chi connectivity index (χ0) is 13.5. The molecule has 18 heavy (non-hydrogen) atoms. The molecule has 2 amide bonds. The van der Waals surface area contributed by atoms with Crippen molar-refractivity contribution in [3.05, 3.63) is 0 Å². The Balaban J connectivity index is 2.23. The fourth-order valence-electron chi connectivity index (χ4n) is 1.84. The maximum absolute atomic E-state index is 11.8. The van der Waals surface area contributed by atoms with Gasteiger partial charge < -0.3 is 21.1 Å². The average Bonchev–Trinajstić information content (AvgIpc) is 2.86. The molecule has 1 saturated heterocycles. The first-order valence-corrected chi connectivity index (χ1v) is 6.03. The molecule has 0 unspecified atom stereocenters. The molecule has 0 saturated carbocycles. The molecule has 0 aliphatic carbocycles. The summed E-state index contributed by atoms with van der Waals surface area (Å²) < 4.78 is 0. The summed E-state index contributed by atoms with van der Waals surface area (Å²) in [5, 5.41) is 10.6. The normalized spacial score (nSPS) is 16.4. The minimum Gasteiger partial charge on any atom is -0.480 e. The van der Waals surface area contributed by atoms with E-state index in [4.69, 9.17) is 10.8 Å². The van der Waals surface area contributed by atoms with Crippen molar-refractivity contribution in [2.75, 3.05) is 19.6 Å². The van der Waals surface area contributed by atoms with Crippen molar-refractivity contribution in [3.8, 4) is 0 Å². The van der Waals surface area contributed by atoms with E-state index in [0.29, 0.717) is 0 Å². The predicted molar refractivity (Wildman–Crippen MR) is 63.7 cm³/mol. The van der Waals surface area contributed by atoms with Gasteiger partial charge in [-0.25, -0.2) is 0 Å². The quantitative estimate of drug-likeness (QED) is 0.560. The number of carbonyl (C=O) groups is 3. The minimum atomic E-state index is -1.10. The molecule has 7 nitrogen and oxygen atoms in total. The lowest BCUT2D eigenvalue weighted by Gasteiger charge is -2.19. The summed E-state index contributed by atoms with van der Waals surface area (Å²) in [5.41, 5.74) is 5.71. The second-order valence-corrected chi connectivity index (χ2v) is 4.35. The van der Waals surface area contributed by atoms with Crippen LogP contribution in [0.4, 0.5) is 0 Å². The Morgan fingerprint density at radius 1 is 1.28 bits per heavy atom. The number of carboxylic acid groups (broad SMARTS) is 1. The number of rotatable bonds is 6. The van der Waals surface area contributed by atoms with Gasteiger partial charge in [-0.1, -0.05) is 0 Å². The van der Waals surface area contributed by atoms with Crippen LogP contribution in [0.1, 0.15) is 25.7 Å². The van der Waals surface area contributed by atoms with Crippen molar-refractivity contribution in [2.45, 2.75) is 31.7 Å². The van der Waals surface area contributed by atoms with Gasteiger partial charge in [0.15, 0.2) is 0 Å². The Hall–Kier alpha value is -1.63. The number of hydrogen-bond acceptors (Lipinski definition) is 4. The van der Waals surface area contributed by atoms with Crippen LogP contribution in [0.5, 0.6) is 0 Å². The van der Waals surface area contributed by atoms with E-state index in [0.717, 1.165) is 25.9 Å². The number of carbonyl (C=O) groups excluding carboxylic acids is 2. The van der Waals surface area contributed by atoms with Crippen molar-refractivity contribution >= 4 is 17.8 Å². The molecule has 0 aromatic heterocycles. The largest absolute Gasteiger partial charge is 0.480 e. The lowest BCUT2D eigenvalue weighted by Crippen LogP contribution is -2.43. The van der Waals surface area contributed by atoms with Gasteiger partial charge in [-0.2, -0.15) is 0 Å². The van der Waals surface area contributed by atoms with E-state index < -0.39 is 24.5 Å². The van der Waals surface area contributed by atoms with Gasteiger partial charge in [0.1, 0.15) is 6.54 Å². The van der Waals surface area contributed by atoms with Crippen LogP contribution in [0.15, 0.2) is 0 Å². The third kappa shape index (κ3) is 4.70. The fraction of sp³-hybridized carbons (Fsp3) is 0.727. The first-order valence-electron chi connectivity index (χ1n) is 6.03. The van der Waals surface area contributed by atoms with E-state index in [2.05, 4.69) is 5.32 Å². The van der Waals surface area contributed by atoms with E-state index in [1.807, 2.05) is 0 Å². The Bertz CT molecular complexity index is 326. The number of carboxylic acids is 1. The smallest absolute Gasteiger partial charge is 0.322 e. The Kier molecular flexibility index (Phi) is 5.57. The van der Waals surface area contributed by atoms with Crippen LogP contribution >= 0.6 is 0 Å². The Labute approximate surface area is 105 Å². The second-order valence-electron chi connectivity index (χ2n) is 4.35. The monoisotopic (exact) mass is 257 g/mol. The molecule has 1 heterocycles. The number of aliphatic carboxylic acids is 1. The van der Waals surface area contributed by atoms with Crippen LogP contribution in [0.25, 0.3) is 0 Å². The third-order valence-corrected chi connectivity index (χ3v) is 2.85. The molecule has 1 fully saturated rings. The van der Waals surface area contributed by atoms with Crippen molar-refractivity contribution in [2.24, 2.45) is 5.73 Å². The molecule has 0 aromatic carbocycles. The van der Waals surface area contributed by atoms with E-state index in [9.17, 15) is 14.4 Å². The molecular weight excluding hydrogens is 238 g/mol. The minimum absolute atomic E-state index is 0.0635.